The predicted molar refractivity (Wildman–Crippen MR) is 116 cm³/mol. The lowest BCUT2D eigenvalue weighted by molar-refractivity contribution is -0.127. The molecule has 3 aromatic rings. The number of fused-ring (bicyclic) bond motifs is 1. The van der Waals surface area contributed by atoms with E-state index in [4.69, 9.17) is 4.42 Å². The van der Waals surface area contributed by atoms with Crippen molar-refractivity contribution in [2.45, 2.75) is 32.2 Å². The van der Waals surface area contributed by atoms with E-state index in [1.807, 2.05) is 37.3 Å². The summed E-state index contributed by atoms with van der Waals surface area (Å²) in [6, 6.07) is 16.6. The third-order valence-electron chi connectivity index (χ3n) is 5.54. The van der Waals surface area contributed by atoms with Crippen molar-refractivity contribution in [3.8, 4) is 0 Å². The highest BCUT2D eigenvalue weighted by Gasteiger charge is 2.27. The highest BCUT2D eigenvalue weighted by atomic mass is 16.4. The molecule has 0 bridgehead atoms. The fourth-order valence-electron chi connectivity index (χ4n) is 3.97. The predicted octanol–water partition coefficient (Wildman–Crippen LogP) is 4.16. The number of benzene rings is 2. The molecule has 6 nitrogen and oxygen atoms in total. The normalized spacial score (nSPS) is 14.8. The van der Waals surface area contributed by atoms with Crippen molar-refractivity contribution in [3.05, 3.63) is 76.1 Å². The molecular formula is C24H24N2O4. The molecule has 2 heterocycles. The van der Waals surface area contributed by atoms with Crippen molar-refractivity contribution >= 4 is 28.3 Å². The average Bonchev–Trinajstić information content (AvgIpc) is 3.17. The molecule has 1 aliphatic heterocycles. The van der Waals surface area contributed by atoms with Gasteiger partial charge in [-0.2, -0.15) is 0 Å². The second-order valence-electron chi connectivity index (χ2n) is 7.50. The van der Waals surface area contributed by atoms with Crippen LogP contribution in [0.15, 0.2) is 63.8 Å². The van der Waals surface area contributed by atoms with Crippen LogP contribution in [0.5, 0.6) is 0 Å². The van der Waals surface area contributed by atoms with Gasteiger partial charge in [-0.25, -0.2) is 4.79 Å². The molecule has 1 saturated heterocycles. The molecule has 154 valence electrons. The van der Waals surface area contributed by atoms with Gasteiger partial charge in [0.05, 0.1) is 23.5 Å². The van der Waals surface area contributed by atoms with Crippen molar-refractivity contribution in [2.24, 2.45) is 0 Å². The minimum atomic E-state index is -0.496. The second kappa shape index (κ2) is 8.53. The Bertz CT molecular complexity index is 1140. The Hall–Kier alpha value is -3.41. The molecule has 1 fully saturated rings. The topological polar surface area (TPSA) is 79.6 Å². The van der Waals surface area contributed by atoms with E-state index in [0.717, 1.165) is 18.4 Å². The van der Waals surface area contributed by atoms with Crippen LogP contribution in [0.4, 0.5) is 5.88 Å². The number of ketones is 1. The van der Waals surface area contributed by atoms with Crippen molar-refractivity contribution < 1.29 is 14.0 Å². The first-order valence-corrected chi connectivity index (χ1v) is 10.3. The van der Waals surface area contributed by atoms with Gasteiger partial charge in [0, 0.05) is 18.4 Å². The molecule has 1 amide bonds. The SMILES string of the molecule is CCC(Nc1oc(=O)c2ccccc2c1C(=O)CN1CCCC1=O)c1ccccc1. The molecule has 1 aromatic heterocycles. The van der Waals surface area contributed by atoms with Gasteiger partial charge in [0.25, 0.3) is 0 Å². The summed E-state index contributed by atoms with van der Waals surface area (Å²) in [7, 11) is 0. The Kier molecular flexibility index (Phi) is 5.65. The van der Waals surface area contributed by atoms with Gasteiger partial charge in [-0.3, -0.25) is 9.59 Å². The number of hydrogen-bond donors (Lipinski definition) is 1. The number of nitrogens with zero attached hydrogens (tertiary/aromatic N) is 1. The van der Waals surface area contributed by atoms with E-state index in [2.05, 4.69) is 5.32 Å². The van der Waals surface area contributed by atoms with E-state index < -0.39 is 5.63 Å². The van der Waals surface area contributed by atoms with Crippen LogP contribution in [-0.4, -0.2) is 29.7 Å². The van der Waals surface area contributed by atoms with Crippen molar-refractivity contribution in [1.29, 1.82) is 0 Å². The number of likely N-dealkylation sites (tertiary alicyclic amines) is 1. The van der Waals surface area contributed by atoms with Gasteiger partial charge in [0.15, 0.2) is 5.78 Å². The maximum Gasteiger partial charge on any atom is 0.345 e. The first-order valence-electron chi connectivity index (χ1n) is 10.3. The second-order valence-corrected chi connectivity index (χ2v) is 7.50. The van der Waals surface area contributed by atoms with Crippen molar-refractivity contribution in [2.75, 3.05) is 18.4 Å². The number of rotatable bonds is 7. The van der Waals surface area contributed by atoms with Gasteiger partial charge in [-0.15, -0.1) is 0 Å². The van der Waals surface area contributed by atoms with Crippen LogP contribution < -0.4 is 10.9 Å². The standard InChI is InChI=1S/C24H24N2O4/c1-2-19(16-9-4-3-5-10-16)25-23-22(20(27)15-26-14-8-13-21(26)28)17-11-6-7-12-18(17)24(29)30-23/h3-7,9-12,19,25H,2,8,13-15H2,1H3. The Labute approximate surface area is 174 Å². The molecule has 6 heteroatoms. The number of hydrogen-bond acceptors (Lipinski definition) is 5. The number of carbonyl (C=O) groups is 2. The Balaban J connectivity index is 1.78. The minimum absolute atomic E-state index is 0.0183. The summed E-state index contributed by atoms with van der Waals surface area (Å²) in [6.45, 7) is 2.57. The third-order valence-corrected chi connectivity index (χ3v) is 5.54. The summed E-state index contributed by atoms with van der Waals surface area (Å²) in [4.78, 5) is 39.5. The molecule has 2 aromatic carbocycles. The summed E-state index contributed by atoms with van der Waals surface area (Å²) in [5.74, 6) is -0.100. The Morgan fingerprint density at radius 1 is 1.07 bits per heavy atom. The first kappa shape index (κ1) is 19.9. The summed E-state index contributed by atoms with van der Waals surface area (Å²) < 4.78 is 5.60. The molecular weight excluding hydrogens is 380 g/mol. The van der Waals surface area contributed by atoms with E-state index in [9.17, 15) is 14.4 Å². The molecule has 0 saturated carbocycles. The maximum atomic E-state index is 13.3. The summed E-state index contributed by atoms with van der Waals surface area (Å²) in [5.41, 5.74) is 0.855. The van der Waals surface area contributed by atoms with Crippen LogP contribution in [0.2, 0.25) is 0 Å². The minimum Gasteiger partial charge on any atom is -0.405 e. The first-order chi connectivity index (χ1) is 14.6. The fourth-order valence-corrected chi connectivity index (χ4v) is 3.97. The molecule has 0 spiro atoms. The lowest BCUT2D eigenvalue weighted by Gasteiger charge is -2.21. The number of anilines is 1. The fraction of sp³-hybridized carbons (Fsp3) is 0.292. The zero-order chi connectivity index (χ0) is 21.1. The Morgan fingerprint density at radius 2 is 1.77 bits per heavy atom. The summed E-state index contributed by atoms with van der Waals surface area (Å²) >= 11 is 0. The van der Waals surface area contributed by atoms with Crippen LogP contribution in [0.3, 0.4) is 0 Å². The van der Waals surface area contributed by atoms with E-state index in [0.29, 0.717) is 29.3 Å². The summed E-state index contributed by atoms with van der Waals surface area (Å²) in [5, 5.41) is 4.16. The van der Waals surface area contributed by atoms with Crippen LogP contribution in [-0.2, 0) is 4.79 Å². The molecule has 0 radical (unpaired) electrons. The van der Waals surface area contributed by atoms with Gasteiger partial charge in [-0.05, 0) is 24.5 Å². The maximum absolute atomic E-state index is 13.3. The molecule has 0 aliphatic carbocycles. The molecule has 1 unspecified atom stereocenters. The van der Waals surface area contributed by atoms with E-state index in [-0.39, 0.29) is 30.2 Å². The molecule has 1 aliphatic rings. The average molecular weight is 404 g/mol. The van der Waals surface area contributed by atoms with Crippen LogP contribution in [0, 0.1) is 0 Å². The van der Waals surface area contributed by atoms with Gasteiger partial charge in [0.2, 0.25) is 11.8 Å². The lowest BCUT2D eigenvalue weighted by Crippen LogP contribution is -2.31. The Morgan fingerprint density at radius 3 is 2.43 bits per heavy atom. The van der Waals surface area contributed by atoms with Gasteiger partial charge in [-0.1, -0.05) is 55.5 Å². The van der Waals surface area contributed by atoms with Crippen molar-refractivity contribution in [3.63, 3.8) is 0 Å². The van der Waals surface area contributed by atoms with Crippen LogP contribution in [0.1, 0.15) is 48.1 Å². The number of carbonyl (C=O) groups excluding carboxylic acids is 2. The van der Waals surface area contributed by atoms with Gasteiger partial charge in [0.1, 0.15) is 0 Å². The monoisotopic (exact) mass is 404 g/mol. The highest BCUT2D eigenvalue weighted by Crippen LogP contribution is 2.29. The lowest BCUT2D eigenvalue weighted by atomic mass is 10.0. The zero-order valence-corrected chi connectivity index (χ0v) is 16.9. The number of nitrogens with one attached hydrogen (secondary N) is 1. The smallest absolute Gasteiger partial charge is 0.345 e. The highest BCUT2D eigenvalue weighted by molar-refractivity contribution is 6.12. The molecule has 1 atom stereocenters. The van der Waals surface area contributed by atoms with Crippen molar-refractivity contribution in [1.82, 2.24) is 4.90 Å². The van der Waals surface area contributed by atoms with Gasteiger partial charge < -0.3 is 14.6 Å². The largest absolute Gasteiger partial charge is 0.405 e. The van der Waals surface area contributed by atoms with Crippen LogP contribution >= 0.6 is 0 Å². The number of amides is 1. The van der Waals surface area contributed by atoms with E-state index in [1.165, 1.54) is 0 Å². The number of Topliss-reactive ketones (excluding diaryl/α,β-unsaturated/α-hetero) is 1. The van der Waals surface area contributed by atoms with Crippen LogP contribution in [0.25, 0.3) is 10.8 Å². The molecule has 30 heavy (non-hydrogen) atoms. The summed E-state index contributed by atoms with van der Waals surface area (Å²) in [6.07, 6.45) is 1.96. The van der Waals surface area contributed by atoms with Gasteiger partial charge >= 0.3 is 5.63 Å². The van der Waals surface area contributed by atoms with E-state index >= 15 is 0 Å². The zero-order valence-electron chi connectivity index (χ0n) is 16.9. The molecule has 1 N–H and O–H groups in total. The third kappa shape index (κ3) is 3.85. The molecule has 4 rings (SSSR count). The van der Waals surface area contributed by atoms with E-state index in [1.54, 1.807) is 29.2 Å². The quantitative estimate of drug-likeness (QED) is 0.598.